The second kappa shape index (κ2) is 6.07. The third-order valence-corrected chi connectivity index (χ3v) is 5.68. The summed E-state index contributed by atoms with van der Waals surface area (Å²) >= 11 is 0. The summed E-state index contributed by atoms with van der Waals surface area (Å²) in [5.74, 6) is 1.66. The van der Waals surface area contributed by atoms with Gasteiger partial charge in [-0.3, -0.25) is 4.90 Å². The van der Waals surface area contributed by atoms with E-state index in [9.17, 15) is 0 Å². The van der Waals surface area contributed by atoms with Gasteiger partial charge in [-0.05, 0) is 36.7 Å². The summed E-state index contributed by atoms with van der Waals surface area (Å²) in [5.41, 5.74) is 1.36. The highest BCUT2D eigenvalue weighted by Crippen LogP contribution is 2.45. The quantitative estimate of drug-likeness (QED) is 0.904. The molecule has 0 spiro atoms. The number of piperazine rings is 1. The minimum atomic E-state index is 0.328. The largest absolute Gasteiger partial charge is 0.373 e. The van der Waals surface area contributed by atoms with Crippen LogP contribution in [0, 0.1) is 11.8 Å². The molecule has 2 heterocycles. The van der Waals surface area contributed by atoms with Gasteiger partial charge in [0.15, 0.2) is 0 Å². The van der Waals surface area contributed by atoms with E-state index < -0.39 is 0 Å². The molecule has 2 saturated heterocycles. The monoisotopic (exact) mass is 286 g/mol. The van der Waals surface area contributed by atoms with Crippen molar-refractivity contribution in [3.05, 3.63) is 35.9 Å². The van der Waals surface area contributed by atoms with Gasteiger partial charge >= 0.3 is 0 Å². The van der Waals surface area contributed by atoms with Crippen LogP contribution in [-0.4, -0.2) is 43.7 Å². The number of benzene rings is 1. The van der Waals surface area contributed by atoms with E-state index in [1.165, 1.54) is 37.9 Å². The highest BCUT2D eigenvalue weighted by atomic mass is 16.5. The molecule has 0 unspecified atom stereocenters. The van der Waals surface area contributed by atoms with E-state index in [2.05, 4.69) is 40.5 Å². The lowest BCUT2D eigenvalue weighted by Gasteiger charge is -2.32. The van der Waals surface area contributed by atoms with Gasteiger partial charge in [0.25, 0.3) is 0 Å². The van der Waals surface area contributed by atoms with Crippen molar-refractivity contribution in [2.45, 2.75) is 31.4 Å². The Morgan fingerprint density at radius 1 is 0.952 bits per heavy atom. The van der Waals surface area contributed by atoms with Crippen LogP contribution in [0.1, 0.15) is 30.9 Å². The van der Waals surface area contributed by atoms with Crippen LogP contribution in [0.15, 0.2) is 30.3 Å². The molecule has 4 rings (SSSR count). The van der Waals surface area contributed by atoms with Gasteiger partial charge in [0.2, 0.25) is 0 Å². The lowest BCUT2D eigenvalue weighted by molar-refractivity contribution is -0.0384. The van der Waals surface area contributed by atoms with Gasteiger partial charge in [-0.1, -0.05) is 30.3 Å². The maximum Gasteiger partial charge on any atom is 0.0827 e. The summed E-state index contributed by atoms with van der Waals surface area (Å²) in [6, 6.07) is 11.6. The highest BCUT2D eigenvalue weighted by Gasteiger charge is 2.41. The first-order valence-electron chi connectivity index (χ1n) is 8.51. The van der Waals surface area contributed by atoms with E-state index in [-0.39, 0.29) is 0 Å². The van der Waals surface area contributed by atoms with E-state index >= 15 is 0 Å². The lowest BCUT2D eigenvalue weighted by Crippen LogP contribution is -2.47. The van der Waals surface area contributed by atoms with E-state index in [0.29, 0.717) is 6.10 Å². The molecule has 3 nitrogen and oxygen atoms in total. The van der Waals surface area contributed by atoms with Crippen molar-refractivity contribution in [3.63, 3.8) is 0 Å². The fourth-order valence-electron chi connectivity index (χ4n) is 4.50. The summed E-state index contributed by atoms with van der Waals surface area (Å²) in [7, 11) is 0. The molecule has 2 aliphatic heterocycles. The molecular formula is C18H26N2O. The van der Waals surface area contributed by atoms with E-state index in [1.54, 1.807) is 0 Å². The number of hydrogen-bond donors (Lipinski definition) is 1. The minimum Gasteiger partial charge on any atom is -0.373 e. The second-order valence-electron chi connectivity index (χ2n) is 6.90. The van der Waals surface area contributed by atoms with Gasteiger partial charge in [-0.15, -0.1) is 0 Å². The Bertz CT molecular complexity index is 458. The number of nitrogens with zero attached hydrogens (tertiary/aromatic N) is 1. The molecule has 1 aromatic carbocycles. The molecule has 0 bridgehead atoms. The van der Waals surface area contributed by atoms with Crippen molar-refractivity contribution in [3.8, 4) is 0 Å². The summed E-state index contributed by atoms with van der Waals surface area (Å²) in [6.07, 6.45) is 4.29. The molecule has 1 saturated carbocycles. The van der Waals surface area contributed by atoms with E-state index in [4.69, 9.17) is 4.74 Å². The molecule has 0 aromatic heterocycles. The van der Waals surface area contributed by atoms with Crippen LogP contribution in [0.5, 0.6) is 0 Å². The number of nitrogens with one attached hydrogen (secondary N) is 1. The van der Waals surface area contributed by atoms with Crippen molar-refractivity contribution in [2.75, 3.05) is 32.8 Å². The molecular weight excluding hydrogens is 260 g/mol. The maximum absolute atomic E-state index is 6.18. The SMILES string of the molecule is c1ccc([C@@H]2C[C@@H]3C[C@H](N4CCNCC4)C[C@@H]3CO2)cc1. The van der Waals surface area contributed by atoms with Crippen LogP contribution < -0.4 is 5.32 Å². The van der Waals surface area contributed by atoms with Gasteiger partial charge in [0.05, 0.1) is 12.7 Å². The molecule has 1 N–H and O–H groups in total. The highest BCUT2D eigenvalue weighted by molar-refractivity contribution is 5.18. The standard InChI is InChI=1S/C18H26N2O/c1-2-4-14(5-3-1)18-12-15-10-17(11-16(15)13-21-18)20-8-6-19-7-9-20/h1-5,15-19H,6-13H2/t15-,16+,17-,18-/m0/s1. The summed E-state index contributed by atoms with van der Waals surface area (Å²) in [5, 5.41) is 3.46. The van der Waals surface area contributed by atoms with Crippen LogP contribution in [-0.2, 0) is 4.74 Å². The molecule has 3 aliphatic rings. The first kappa shape index (κ1) is 13.7. The third kappa shape index (κ3) is 2.87. The number of hydrogen-bond acceptors (Lipinski definition) is 3. The van der Waals surface area contributed by atoms with Crippen LogP contribution >= 0.6 is 0 Å². The molecule has 4 atom stereocenters. The smallest absolute Gasteiger partial charge is 0.0827 e. The molecule has 21 heavy (non-hydrogen) atoms. The van der Waals surface area contributed by atoms with E-state index in [0.717, 1.165) is 37.6 Å². The maximum atomic E-state index is 6.18. The fraction of sp³-hybridized carbons (Fsp3) is 0.667. The second-order valence-corrected chi connectivity index (χ2v) is 6.90. The Morgan fingerprint density at radius 3 is 2.52 bits per heavy atom. The average molecular weight is 286 g/mol. The average Bonchev–Trinajstić information content (AvgIpc) is 2.99. The molecule has 0 radical (unpaired) electrons. The van der Waals surface area contributed by atoms with Crippen molar-refractivity contribution in [2.24, 2.45) is 11.8 Å². The molecule has 1 aromatic rings. The molecule has 114 valence electrons. The number of ether oxygens (including phenoxy) is 1. The third-order valence-electron chi connectivity index (χ3n) is 5.68. The number of fused-ring (bicyclic) bond motifs is 1. The van der Waals surface area contributed by atoms with Gasteiger partial charge in [0.1, 0.15) is 0 Å². The van der Waals surface area contributed by atoms with E-state index in [1.807, 2.05) is 0 Å². The van der Waals surface area contributed by atoms with Gasteiger partial charge in [-0.25, -0.2) is 0 Å². The first-order chi connectivity index (χ1) is 10.4. The predicted molar refractivity (Wildman–Crippen MR) is 84.2 cm³/mol. The summed E-state index contributed by atoms with van der Waals surface area (Å²) < 4.78 is 6.18. The first-order valence-corrected chi connectivity index (χ1v) is 8.51. The van der Waals surface area contributed by atoms with Gasteiger partial charge in [0, 0.05) is 32.2 Å². The fourth-order valence-corrected chi connectivity index (χ4v) is 4.50. The zero-order chi connectivity index (χ0) is 14.1. The van der Waals surface area contributed by atoms with Gasteiger partial charge in [-0.2, -0.15) is 0 Å². The minimum absolute atomic E-state index is 0.328. The Morgan fingerprint density at radius 2 is 1.71 bits per heavy atom. The predicted octanol–water partition coefficient (Wildman–Crippen LogP) is 2.45. The Hall–Kier alpha value is -0.900. The molecule has 0 amide bonds. The Kier molecular flexibility index (Phi) is 3.97. The van der Waals surface area contributed by atoms with Crippen molar-refractivity contribution >= 4 is 0 Å². The normalized spacial score (nSPS) is 37.3. The summed E-state index contributed by atoms with van der Waals surface area (Å²) in [4.78, 5) is 2.71. The number of rotatable bonds is 2. The zero-order valence-electron chi connectivity index (χ0n) is 12.7. The molecule has 3 fully saturated rings. The van der Waals surface area contributed by atoms with Crippen molar-refractivity contribution in [1.29, 1.82) is 0 Å². The van der Waals surface area contributed by atoms with Crippen LogP contribution in [0.4, 0.5) is 0 Å². The zero-order valence-corrected chi connectivity index (χ0v) is 12.7. The molecule has 3 heteroatoms. The molecule has 1 aliphatic carbocycles. The Labute approximate surface area is 127 Å². The van der Waals surface area contributed by atoms with Crippen molar-refractivity contribution < 1.29 is 4.74 Å². The lowest BCUT2D eigenvalue weighted by atomic mass is 9.86. The topological polar surface area (TPSA) is 24.5 Å². The van der Waals surface area contributed by atoms with Crippen LogP contribution in [0.2, 0.25) is 0 Å². The van der Waals surface area contributed by atoms with Gasteiger partial charge < -0.3 is 10.1 Å². The Balaban J connectivity index is 1.40. The summed E-state index contributed by atoms with van der Waals surface area (Å²) in [6.45, 7) is 5.75. The van der Waals surface area contributed by atoms with Crippen molar-refractivity contribution in [1.82, 2.24) is 10.2 Å². The van der Waals surface area contributed by atoms with Crippen LogP contribution in [0.3, 0.4) is 0 Å². The van der Waals surface area contributed by atoms with Crippen LogP contribution in [0.25, 0.3) is 0 Å².